The van der Waals surface area contributed by atoms with Gasteiger partial charge in [0.15, 0.2) is 0 Å². The molecule has 0 unspecified atom stereocenters. The zero-order chi connectivity index (χ0) is 23.2. The van der Waals surface area contributed by atoms with Gasteiger partial charge >= 0.3 is 0 Å². The summed E-state index contributed by atoms with van der Waals surface area (Å²) >= 11 is 0. The normalized spacial score (nSPS) is 18.3. The summed E-state index contributed by atoms with van der Waals surface area (Å²) in [5, 5.41) is 7.62. The van der Waals surface area contributed by atoms with Crippen LogP contribution in [0, 0.1) is 19.8 Å². The largest absolute Gasteiger partial charge is 0.356 e. The lowest BCUT2D eigenvalue weighted by Crippen LogP contribution is -2.31. The maximum Gasteiger partial charge on any atom is 0.220 e. The molecule has 1 amide bonds. The van der Waals surface area contributed by atoms with E-state index >= 15 is 0 Å². The number of carbonyl (C=O) groups excluding carboxylic acids is 1. The third-order valence-electron chi connectivity index (χ3n) is 6.69. The minimum Gasteiger partial charge on any atom is -0.356 e. The maximum absolute atomic E-state index is 12.4. The summed E-state index contributed by atoms with van der Waals surface area (Å²) in [6.45, 7) is 7.64. The number of nitrogens with one attached hydrogen (secondary N) is 1. The van der Waals surface area contributed by atoms with Gasteiger partial charge in [0.2, 0.25) is 5.91 Å². The number of nitrogens with zero attached hydrogens (tertiary/aromatic N) is 5. The number of aryl methyl sites for hydroxylation is 4. The Morgan fingerprint density at radius 2 is 1.97 bits per heavy atom. The van der Waals surface area contributed by atoms with Crippen molar-refractivity contribution >= 4 is 5.91 Å². The van der Waals surface area contributed by atoms with Crippen molar-refractivity contribution in [3.8, 4) is 11.3 Å². The fraction of sp³-hybridized carbons (Fsp3) is 0.500. The Bertz CT molecular complexity index is 1070. The van der Waals surface area contributed by atoms with Crippen LogP contribution in [0.2, 0.25) is 0 Å². The van der Waals surface area contributed by atoms with Gasteiger partial charge in [-0.1, -0.05) is 6.07 Å². The summed E-state index contributed by atoms with van der Waals surface area (Å²) in [4.78, 5) is 26.2. The second-order valence-electron chi connectivity index (χ2n) is 9.05. The Balaban J connectivity index is 1.28. The number of pyridine rings is 1. The first-order chi connectivity index (χ1) is 16.0. The van der Waals surface area contributed by atoms with Gasteiger partial charge in [-0.25, -0.2) is 9.97 Å². The van der Waals surface area contributed by atoms with E-state index in [-0.39, 0.29) is 5.91 Å². The second kappa shape index (κ2) is 10.7. The van der Waals surface area contributed by atoms with E-state index in [2.05, 4.69) is 33.5 Å². The Morgan fingerprint density at radius 3 is 2.67 bits per heavy atom. The molecule has 1 aliphatic carbocycles. The lowest BCUT2D eigenvalue weighted by atomic mass is 9.79. The zero-order valence-electron chi connectivity index (χ0n) is 19.9. The highest BCUT2D eigenvalue weighted by Gasteiger charge is 2.26. The molecular weight excluding hydrogens is 412 g/mol. The molecule has 1 aliphatic rings. The molecule has 1 saturated carbocycles. The highest BCUT2D eigenvalue weighted by atomic mass is 16.1. The molecule has 7 heteroatoms. The number of aromatic nitrogens is 5. The molecule has 3 aromatic heterocycles. The third kappa shape index (κ3) is 5.83. The molecule has 3 aromatic rings. The predicted molar refractivity (Wildman–Crippen MR) is 129 cm³/mol. The van der Waals surface area contributed by atoms with Crippen LogP contribution in [-0.2, 0) is 17.8 Å². The van der Waals surface area contributed by atoms with E-state index in [4.69, 9.17) is 4.98 Å². The van der Waals surface area contributed by atoms with Crippen molar-refractivity contribution in [3.05, 3.63) is 59.6 Å². The summed E-state index contributed by atoms with van der Waals surface area (Å²) in [6.07, 6.45) is 11.4. The molecule has 0 aliphatic heterocycles. The van der Waals surface area contributed by atoms with Crippen LogP contribution in [0.3, 0.4) is 0 Å². The van der Waals surface area contributed by atoms with Gasteiger partial charge in [0.1, 0.15) is 5.82 Å². The first-order valence-electron chi connectivity index (χ1n) is 12.1. The van der Waals surface area contributed by atoms with Gasteiger partial charge in [0, 0.05) is 49.6 Å². The molecule has 33 heavy (non-hydrogen) atoms. The van der Waals surface area contributed by atoms with Gasteiger partial charge in [-0.3, -0.25) is 14.5 Å². The topological polar surface area (TPSA) is 85.6 Å². The van der Waals surface area contributed by atoms with Gasteiger partial charge < -0.3 is 5.32 Å². The smallest absolute Gasteiger partial charge is 0.220 e. The second-order valence-corrected chi connectivity index (χ2v) is 9.05. The summed E-state index contributed by atoms with van der Waals surface area (Å²) in [6, 6.07) is 5.95. The average Bonchev–Trinajstić information content (AvgIpc) is 3.22. The maximum atomic E-state index is 12.4. The van der Waals surface area contributed by atoms with Crippen molar-refractivity contribution in [1.82, 2.24) is 30.0 Å². The van der Waals surface area contributed by atoms with E-state index < -0.39 is 0 Å². The molecule has 174 valence electrons. The first-order valence-corrected chi connectivity index (χ1v) is 12.1. The van der Waals surface area contributed by atoms with Crippen molar-refractivity contribution in [2.24, 2.45) is 5.92 Å². The van der Waals surface area contributed by atoms with E-state index in [9.17, 15) is 4.79 Å². The molecule has 0 aromatic carbocycles. The zero-order valence-corrected chi connectivity index (χ0v) is 19.9. The van der Waals surface area contributed by atoms with Crippen LogP contribution in [0.5, 0.6) is 0 Å². The van der Waals surface area contributed by atoms with Crippen LogP contribution >= 0.6 is 0 Å². The van der Waals surface area contributed by atoms with Crippen LogP contribution in [0.15, 0.2) is 36.8 Å². The number of amides is 1. The molecule has 4 rings (SSSR count). The van der Waals surface area contributed by atoms with Crippen LogP contribution in [0.4, 0.5) is 0 Å². The van der Waals surface area contributed by atoms with Gasteiger partial charge in [-0.15, -0.1) is 0 Å². The Morgan fingerprint density at radius 1 is 1.15 bits per heavy atom. The molecular formula is C26H34N6O. The summed E-state index contributed by atoms with van der Waals surface area (Å²) < 4.78 is 1.93. The Labute approximate surface area is 196 Å². The summed E-state index contributed by atoms with van der Waals surface area (Å²) in [5.74, 6) is 1.87. The summed E-state index contributed by atoms with van der Waals surface area (Å²) in [7, 11) is 0. The number of rotatable bonds is 8. The highest BCUT2D eigenvalue weighted by molar-refractivity contribution is 5.76. The number of hydrogen-bond acceptors (Lipinski definition) is 5. The molecule has 1 fully saturated rings. The monoisotopic (exact) mass is 446 g/mol. The molecule has 0 bridgehead atoms. The molecule has 0 atom stereocenters. The van der Waals surface area contributed by atoms with Crippen LogP contribution in [-0.4, -0.2) is 37.2 Å². The van der Waals surface area contributed by atoms with Crippen molar-refractivity contribution in [3.63, 3.8) is 0 Å². The van der Waals surface area contributed by atoms with Crippen molar-refractivity contribution in [2.75, 3.05) is 6.54 Å². The standard InChI is InChI=1S/C26H34N6O/c1-4-32-17-22(18(2)31-32)12-13-25(33)29-15-20-8-10-21(11-9-20)26-23(16-28-19(3)30-26)24-7-5-6-14-27-24/h5-7,14,16-17,20-21H,4,8-13,15H2,1-3H3,(H,29,33). The minimum absolute atomic E-state index is 0.129. The van der Waals surface area contributed by atoms with Gasteiger partial charge in [-0.2, -0.15) is 5.10 Å². The fourth-order valence-electron chi connectivity index (χ4n) is 4.72. The average molecular weight is 447 g/mol. The van der Waals surface area contributed by atoms with Crippen LogP contribution < -0.4 is 5.32 Å². The molecule has 0 radical (unpaired) electrons. The van der Waals surface area contributed by atoms with Gasteiger partial charge in [0.05, 0.1) is 17.1 Å². The number of hydrogen-bond donors (Lipinski definition) is 1. The molecule has 0 saturated heterocycles. The van der Waals surface area contributed by atoms with E-state index in [1.807, 2.05) is 49.1 Å². The van der Waals surface area contributed by atoms with Gasteiger partial charge in [0.25, 0.3) is 0 Å². The van der Waals surface area contributed by atoms with E-state index in [1.165, 1.54) is 0 Å². The van der Waals surface area contributed by atoms with Crippen molar-refractivity contribution in [1.29, 1.82) is 0 Å². The predicted octanol–water partition coefficient (Wildman–Crippen LogP) is 4.39. The lowest BCUT2D eigenvalue weighted by Gasteiger charge is -2.29. The number of carbonyl (C=O) groups is 1. The molecule has 1 N–H and O–H groups in total. The lowest BCUT2D eigenvalue weighted by molar-refractivity contribution is -0.121. The van der Waals surface area contributed by atoms with Crippen LogP contribution in [0.25, 0.3) is 11.3 Å². The van der Waals surface area contributed by atoms with E-state index in [0.29, 0.717) is 18.3 Å². The Hall–Kier alpha value is -3.09. The van der Waals surface area contributed by atoms with E-state index in [1.54, 1.807) is 0 Å². The van der Waals surface area contributed by atoms with Crippen molar-refractivity contribution < 1.29 is 4.79 Å². The minimum atomic E-state index is 0.129. The van der Waals surface area contributed by atoms with Crippen molar-refractivity contribution in [2.45, 2.75) is 71.8 Å². The van der Waals surface area contributed by atoms with Gasteiger partial charge in [-0.05, 0) is 76.5 Å². The molecule has 3 heterocycles. The highest BCUT2D eigenvalue weighted by Crippen LogP contribution is 2.38. The first kappa shape index (κ1) is 23.1. The fourth-order valence-corrected chi connectivity index (χ4v) is 4.72. The molecule has 7 nitrogen and oxygen atoms in total. The third-order valence-corrected chi connectivity index (χ3v) is 6.69. The Kier molecular flexibility index (Phi) is 7.47. The SMILES string of the molecule is CCn1cc(CCC(=O)NCC2CCC(c3nc(C)ncc3-c3ccccn3)CC2)c(C)n1. The van der Waals surface area contributed by atoms with E-state index in [0.717, 1.165) is 79.2 Å². The van der Waals surface area contributed by atoms with Crippen LogP contribution in [0.1, 0.15) is 67.7 Å². The molecule has 0 spiro atoms. The quantitative estimate of drug-likeness (QED) is 0.554. The summed E-state index contributed by atoms with van der Waals surface area (Å²) in [5.41, 5.74) is 5.28.